The lowest BCUT2D eigenvalue weighted by Gasteiger charge is -2.19. The van der Waals surface area contributed by atoms with Crippen molar-refractivity contribution in [3.8, 4) is 0 Å². The normalized spacial score (nSPS) is 12.5. The highest BCUT2D eigenvalue weighted by molar-refractivity contribution is 7.90. The fourth-order valence-corrected chi connectivity index (χ4v) is 3.31. The number of anilines is 1. The smallest absolute Gasteiger partial charge is 0.175 e. The first-order valence-electron chi connectivity index (χ1n) is 7.76. The van der Waals surface area contributed by atoms with Gasteiger partial charge in [-0.25, -0.2) is 8.42 Å². The van der Waals surface area contributed by atoms with Gasteiger partial charge in [-0.15, -0.1) is 0 Å². The summed E-state index contributed by atoms with van der Waals surface area (Å²) in [6, 6.07) is 14.8. The van der Waals surface area contributed by atoms with E-state index in [0.717, 1.165) is 17.7 Å². The average molecular weight is 363 g/mol. The Balaban J connectivity index is 2.03. The summed E-state index contributed by atoms with van der Waals surface area (Å²) in [4.78, 5) is 0.316. The molecule has 0 fully saturated rings. The zero-order valence-electron chi connectivity index (χ0n) is 14.0. The molecule has 2 rings (SSSR count). The Morgan fingerprint density at radius 2 is 1.75 bits per heavy atom. The van der Waals surface area contributed by atoms with Crippen molar-refractivity contribution in [2.45, 2.75) is 31.2 Å². The fourth-order valence-electron chi connectivity index (χ4n) is 2.39. The topological polar surface area (TPSA) is 58.2 Å². The molecule has 0 saturated heterocycles. The third kappa shape index (κ3) is 4.79. The van der Waals surface area contributed by atoms with Crippen LogP contribution in [0.2, 0.25) is 0 Å². The van der Waals surface area contributed by atoms with E-state index >= 15 is 0 Å². The van der Waals surface area contributed by atoms with E-state index in [1.807, 2.05) is 25.1 Å². The molecule has 24 heavy (non-hydrogen) atoms. The minimum absolute atomic E-state index is 0.0348. The molecule has 0 saturated carbocycles. The quantitative estimate of drug-likeness (QED) is 0.794. The van der Waals surface area contributed by atoms with Crippen LogP contribution < -0.4 is 10.6 Å². The number of sulfone groups is 1. The average Bonchev–Trinajstić information content (AvgIpc) is 2.54. The van der Waals surface area contributed by atoms with Gasteiger partial charge < -0.3 is 10.6 Å². The van der Waals surface area contributed by atoms with Gasteiger partial charge in [-0.3, -0.25) is 0 Å². The van der Waals surface area contributed by atoms with Gasteiger partial charge in [-0.1, -0.05) is 37.3 Å². The number of para-hydroxylation sites is 1. The van der Waals surface area contributed by atoms with Crippen molar-refractivity contribution in [2.75, 3.05) is 11.6 Å². The summed E-state index contributed by atoms with van der Waals surface area (Å²) >= 11 is 5.39. The number of thiocarbonyl (C=S) groups is 1. The van der Waals surface area contributed by atoms with Crippen LogP contribution in [0.3, 0.4) is 0 Å². The molecule has 0 radical (unpaired) electrons. The summed E-state index contributed by atoms with van der Waals surface area (Å²) in [5.74, 6) is 0. The molecule has 128 valence electrons. The van der Waals surface area contributed by atoms with Crippen molar-refractivity contribution in [2.24, 2.45) is 0 Å². The van der Waals surface area contributed by atoms with E-state index in [4.69, 9.17) is 12.2 Å². The minimum Gasteiger partial charge on any atom is -0.356 e. The molecule has 2 N–H and O–H groups in total. The van der Waals surface area contributed by atoms with E-state index in [1.165, 1.54) is 11.8 Å². The first kappa shape index (κ1) is 18.4. The van der Waals surface area contributed by atoms with Gasteiger partial charge in [0.15, 0.2) is 14.9 Å². The fraction of sp³-hybridized carbons (Fsp3) is 0.278. The molecular weight excluding hydrogens is 340 g/mol. The zero-order valence-corrected chi connectivity index (χ0v) is 15.7. The van der Waals surface area contributed by atoms with Crippen LogP contribution in [0.1, 0.15) is 31.0 Å². The molecule has 0 amide bonds. The maximum atomic E-state index is 11.5. The molecule has 2 aromatic carbocycles. The maximum Gasteiger partial charge on any atom is 0.175 e. The molecule has 0 aromatic heterocycles. The Bertz CT molecular complexity index is 815. The highest BCUT2D eigenvalue weighted by Gasteiger charge is 2.11. The lowest BCUT2D eigenvalue weighted by molar-refractivity contribution is 0.601. The molecule has 0 aliphatic carbocycles. The molecule has 4 nitrogen and oxygen atoms in total. The summed E-state index contributed by atoms with van der Waals surface area (Å²) in [5.41, 5.74) is 3.17. The summed E-state index contributed by atoms with van der Waals surface area (Å²) in [7, 11) is -3.18. The summed E-state index contributed by atoms with van der Waals surface area (Å²) in [6.45, 7) is 4.08. The maximum absolute atomic E-state index is 11.5. The molecule has 0 heterocycles. The molecular formula is C18H22N2O2S2. The van der Waals surface area contributed by atoms with Gasteiger partial charge in [0.2, 0.25) is 0 Å². The second kappa shape index (κ2) is 7.77. The molecule has 0 bridgehead atoms. The monoisotopic (exact) mass is 362 g/mol. The second-order valence-corrected chi connectivity index (χ2v) is 8.10. The summed E-state index contributed by atoms with van der Waals surface area (Å²) in [6.07, 6.45) is 2.13. The number of rotatable bonds is 5. The first-order chi connectivity index (χ1) is 11.3. The van der Waals surface area contributed by atoms with E-state index in [1.54, 1.807) is 24.3 Å². The van der Waals surface area contributed by atoms with Gasteiger partial charge in [0.25, 0.3) is 0 Å². The van der Waals surface area contributed by atoms with Crippen molar-refractivity contribution in [1.29, 1.82) is 0 Å². The van der Waals surface area contributed by atoms with Crippen LogP contribution in [-0.4, -0.2) is 19.8 Å². The number of hydrogen-bond acceptors (Lipinski definition) is 3. The molecule has 0 unspecified atom stereocenters. The van der Waals surface area contributed by atoms with Crippen LogP contribution in [-0.2, 0) is 16.3 Å². The van der Waals surface area contributed by atoms with Crippen LogP contribution >= 0.6 is 12.2 Å². The molecule has 1 atom stereocenters. The van der Waals surface area contributed by atoms with E-state index in [-0.39, 0.29) is 6.04 Å². The Labute approximate surface area is 149 Å². The van der Waals surface area contributed by atoms with E-state index in [2.05, 4.69) is 23.6 Å². The second-order valence-electron chi connectivity index (χ2n) is 5.67. The summed E-state index contributed by atoms with van der Waals surface area (Å²) < 4.78 is 23.0. The van der Waals surface area contributed by atoms with Crippen LogP contribution in [0.15, 0.2) is 53.4 Å². The number of aryl methyl sites for hydroxylation is 1. The lowest BCUT2D eigenvalue weighted by Crippen LogP contribution is -2.31. The van der Waals surface area contributed by atoms with Crippen LogP contribution in [0.25, 0.3) is 0 Å². The minimum atomic E-state index is -3.18. The van der Waals surface area contributed by atoms with Gasteiger partial charge in [0.1, 0.15) is 0 Å². The number of hydrogen-bond donors (Lipinski definition) is 2. The Morgan fingerprint density at radius 3 is 2.33 bits per heavy atom. The zero-order chi connectivity index (χ0) is 17.7. The Hall–Kier alpha value is -1.92. The van der Waals surface area contributed by atoms with Gasteiger partial charge in [-0.2, -0.15) is 0 Å². The summed E-state index contributed by atoms with van der Waals surface area (Å²) in [5, 5.41) is 6.98. The van der Waals surface area contributed by atoms with Crippen LogP contribution in [0.5, 0.6) is 0 Å². The predicted molar refractivity (Wildman–Crippen MR) is 103 cm³/mol. The number of nitrogens with one attached hydrogen (secondary N) is 2. The van der Waals surface area contributed by atoms with Crippen LogP contribution in [0.4, 0.5) is 5.69 Å². The van der Waals surface area contributed by atoms with Crippen molar-refractivity contribution in [3.63, 3.8) is 0 Å². The van der Waals surface area contributed by atoms with Crippen molar-refractivity contribution >= 4 is 32.9 Å². The standard InChI is InChI=1S/C18H22N2O2S2/c1-4-14-7-5-6-8-17(14)20-18(23)19-13(2)15-9-11-16(12-10-15)24(3,21)22/h5-13H,4H2,1-3H3,(H2,19,20,23)/t13-/m1/s1. The predicted octanol–water partition coefficient (Wildman–Crippen LogP) is 3.70. The molecule has 6 heteroatoms. The van der Waals surface area contributed by atoms with E-state index < -0.39 is 9.84 Å². The molecule has 0 aliphatic heterocycles. The van der Waals surface area contributed by atoms with Gasteiger partial charge in [0, 0.05) is 11.9 Å². The largest absolute Gasteiger partial charge is 0.356 e. The third-order valence-corrected chi connectivity index (χ3v) is 5.15. The van der Waals surface area contributed by atoms with E-state index in [0.29, 0.717) is 10.0 Å². The molecule has 0 aliphatic rings. The van der Waals surface area contributed by atoms with Crippen molar-refractivity contribution in [3.05, 3.63) is 59.7 Å². The SMILES string of the molecule is CCc1ccccc1NC(=S)N[C@H](C)c1ccc(S(C)(=O)=O)cc1. The lowest BCUT2D eigenvalue weighted by atomic mass is 10.1. The Morgan fingerprint density at radius 1 is 1.12 bits per heavy atom. The van der Waals surface area contributed by atoms with Gasteiger partial charge >= 0.3 is 0 Å². The Kier molecular flexibility index (Phi) is 5.96. The van der Waals surface area contributed by atoms with Crippen LogP contribution in [0, 0.1) is 0 Å². The molecule has 2 aromatic rings. The van der Waals surface area contributed by atoms with Crippen molar-refractivity contribution < 1.29 is 8.42 Å². The van der Waals surface area contributed by atoms with Crippen molar-refractivity contribution in [1.82, 2.24) is 5.32 Å². The van der Waals surface area contributed by atoms with Gasteiger partial charge in [-0.05, 0) is 54.9 Å². The highest BCUT2D eigenvalue weighted by Crippen LogP contribution is 2.18. The third-order valence-electron chi connectivity index (χ3n) is 3.80. The number of benzene rings is 2. The molecule has 0 spiro atoms. The van der Waals surface area contributed by atoms with Gasteiger partial charge in [0.05, 0.1) is 10.9 Å². The first-order valence-corrected chi connectivity index (χ1v) is 10.1. The highest BCUT2D eigenvalue weighted by atomic mass is 32.2. The van der Waals surface area contributed by atoms with E-state index in [9.17, 15) is 8.42 Å².